The highest BCUT2D eigenvalue weighted by molar-refractivity contribution is 5.64. The van der Waals surface area contributed by atoms with E-state index < -0.39 is 4.92 Å². The fourth-order valence-corrected chi connectivity index (χ4v) is 2.31. The number of nitrogens with one attached hydrogen (secondary N) is 1. The van der Waals surface area contributed by atoms with Gasteiger partial charge in [-0.15, -0.1) is 0 Å². The first kappa shape index (κ1) is 18.1. The number of rotatable bonds is 7. The number of likely N-dealkylation sites (N-methyl/N-ethyl adjacent to an activating group) is 1. The van der Waals surface area contributed by atoms with Crippen molar-refractivity contribution in [1.29, 1.82) is 0 Å². The summed E-state index contributed by atoms with van der Waals surface area (Å²) in [6.45, 7) is 5.90. The van der Waals surface area contributed by atoms with Crippen LogP contribution in [0.25, 0.3) is 11.3 Å². The Hall–Kier alpha value is -2.25. The predicted molar refractivity (Wildman–Crippen MR) is 94.8 cm³/mol. The Morgan fingerprint density at radius 2 is 1.92 bits per heavy atom. The van der Waals surface area contributed by atoms with Crippen LogP contribution in [0.1, 0.15) is 19.4 Å². The topological polar surface area (TPSA) is 76.2 Å². The number of non-ortho nitro benzene ring substituents is 1. The quantitative estimate of drug-likeness (QED) is 0.623. The number of benzene rings is 1. The number of aryl methyl sites for hydroxylation is 1. The minimum absolute atomic E-state index is 0.0513. The van der Waals surface area contributed by atoms with Crippen LogP contribution in [0, 0.1) is 10.1 Å². The smallest absolute Gasteiger partial charge is 0.269 e. The molecule has 2 aromatic rings. The van der Waals surface area contributed by atoms with E-state index in [4.69, 9.17) is 0 Å². The molecule has 0 atom stereocenters. The van der Waals surface area contributed by atoms with Crippen LogP contribution in [0.5, 0.6) is 0 Å². The number of aromatic nitrogens is 2. The average molecular weight is 331 g/mol. The van der Waals surface area contributed by atoms with Crippen LogP contribution in [-0.4, -0.2) is 45.8 Å². The zero-order valence-corrected chi connectivity index (χ0v) is 14.9. The maximum absolute atomic E-state index is 10.8. The fraction of sp³-hybridized carbons (Fsp3) is 0.471. The normalized spacial score (nSPS) is 11.9. The Kier molecular flexibility index (Phi) is 5.36. The van der Waals surface area contributed by atoms with Crippen LogP contribution < -0.4 is 5.32 Å². The molecular formula is C17H25N5O2. The van der Waals surface area contributed by atoms with Crippen LogP contribution in [0.15, 0.2) is 30.5 Å². The standard InChI is InChI=1S/C17H25N5O2/c1-17(2,20(3)4)12-18-10-14-11-21(5)19-16(14)13-6-8-15(9-7-13)22(23)24/h6-9,11,18H,10,12H2,1-5H3. The minimum Gasteiger partial charge on any atom is -0.311 e. The summed E-state index contributed by atoms with van der Waals surface area (Å²) in [5.74, 6) is 0. The third-order valence-corrected chi connectivity index (χ3v) is 4.34. The lowest BCUT2D eigenvalue weighted by atomic mass is 10.0. The Morgan fingerprint density at radius 1 is 1.29 bits per heavy atom. The van der Waals surface area contributed by atoms with E-state index in [0.717, 1.165) is 23.4 Å². The highest BCUT2D eigenvalue weighted by Crippen LogP contribution is 2.24. The molecule has 0 radical (unpaired) electrons. The number of nitro groups is 1. The Morgan fingerprint density at radius 3 is 2.46 bits per heavy atom. The molecule has 1 N–H and O–H groups in total. The SMILES string of the molecule is CN(C)C(C)(C)CNCc1cn(C)nc1-c1ccc([N+](=O)[O-])cc1. The molecule has 0 aliphatic heterocycles. The van der Waals surface area contributed by atoms with Gasteiger partial charge in [0.1, 0.15) is 0 Å². The molecule has 130 valence electrons. The van der Waals surface area contributed by atoms with Crippen molar-refractivity contribution in [3.8, 4) is 11.3 Å². The fourth-order valence-electron chi connectivity index (χ4n) is 2.31. The maximum atomic E-state index is 10.8. The third kappa shape index (κ3) is 4.18. The molecule has 0 bridgehead atoms. The van der Waals surface area contributed by atoms with Crippen molar-refractivity contribution in [2.45, 2.75) is 25.9 Å². The summed E-state index contributed by atoms with van der Waals surface area (Å²) in [5.41, 5.74) is 2.94. The lowest BCUT2D eigenvalue weighted by Gasteiger charge is -2.32. The lowest BCUT2D eigenvalue weighted by molar-refractivity contribution is -0.384. The Bertz CT molecular complexity index is 704. The largest absolute Gasteiger partial charge is 0.311 e. The van der Waals surface area contributed by atoms with Crippen LogP contribution in [0.3, 0.4) is 0 Å². The van der Waals surface area contributed by atoms with Crippen molar-refractivity contribution in [3.05, 3.63) is 46.1 Å². The van der Waals surface area contributed by atoms with Gasteiger partial charge >= 0.3 is 0 Å². The van der Waals surface area contributed by atoms with E-state index in [-0.39, 0.29) is 11.2 Å². The zero-order chi connectivity index (χ0) is 17.9. The lowest BCUT2D eigenvalue weighted by Crippen LogP contribution is -2.46. The first-order chi connectivity index (χ1) is 11.2. The van der Waals surface area contributed by atoms with Gasteiger partial charge in [0.15, 0.2) is 0 Å². The summed E-state index contributed by atoms with van der Waals surface area (Å²) >= 11 is 0. The first-order valence-corrected chi connectivity index (χ1v) is 7.86. The van der Waals surface area contributed by atoms with Gasteiger partial charge in [0.25, 0.3) is 5.69 Å². The number of nitrogens with zero attached hydrogens (tertiary/aromatic N) is 4. The summed E-state index contributed by atoms with van der Waals surface area (Å²) in [6.07, 6.45) is 1.98. The second-order valence-electron chi connectivity index (χ2n) is 6.79. The van der Waals surface area contributed by atoms with Gasteiger partial charge in [-0.05, 0) is 40.1 Å². The molecule has 0 unspecified atom stereocenters. The summed E-state index contributed by atoms with van der Waals surface area (Å²) in [4.78, 5) is 12.6. The Balaban J connectivity index is 2.14. The van der Waals surface area contributed by atoms with Gasteiger partial charge in [-0.3, -0.25) is 14.8 Å². The van der Waals surface area contributed by atoms with E-state index in [1.54, 1.807) is 16.8 Å². The molecule has 0 amide bonds. The summed E-state index contributed by atoms with van der Waals surface area (Å²) < 4.78 is 1.77. The van der Waals surface area contributed by atoms with E-state index >= 15 is 0 Å². The predicted octanol–water partition coefficient (Wildman–Crippen LogP) is 2.43. The monoisotopic (exact) mass is 331 g/mol. The summed E-state index contributed by atoms with van der Waals surface area (Å²) in [5, 5.41) is 18.8. The zero-order valence-electron chi connectivity index (χ0n) is 14.9. The number of hydrogen-bond donors (Lipinski definition) is 1. The molecule has 0 aliphatic carbocycles. The van der Waals surface area contributed by atoms with Crippen molar-refractivity contribution in [1.82, 2.24) is 20.0 Å². The molecule has 0 aliphatic rings. The van der Waals surface area contributed by atoms with Crippen molar-refractivity contribution in [3.63, 3.8) is 0 Å². The van der Waals surface area contributed by atoms with Gasteiger partial charge in [0, 0.05) is 55.1 Å². The number of hydrogen-bond acceptors (Lipinski definition) is 5. The van der Waals surface area contributed by atoms with Crippen LogP contribution in [-0.2, 0) is 13.6 Å². The van der Waals surface area contributed by atoms with Gasteiger partial charge < -0.3 is 10.2 Å². The second kappa shape index (κ2) is 7.11. The van der Waals surface area contributed by atoms with Gasteiger partial charge in [0.2, 0.25) is 0 Å². The van der Waals surface area contributed by atoms with Gasteiger partial charge in [0.05, 0.1) is 10.6 Å². The molecule has 0 fully saturated rings. The Labute approximate surface area is 142 Å². The van der Waals surface area contributed by atoms with Crippen molar-refractivity contribution < 1.29 is 4.92 Å². The molecule has 0 saturated carbocycles. The van der Waals surface area contributed by atoms with Crippen LogP contribution in [0.4, 0.5) is 5.69 Å². The first-order valence-electron chi connectivity index (χ1n) is 7.86. The van der Waals surface area contributed by atoms with Gasteiger partial charge in [-0.1, -0.05) is 0 Å². The molecule has 7 heteroatoms. The van der Waals surface area contributed by atoms with Crippen LogP contribution in [0.2, 0.25) is 0 Å². The molecule has 0 spiro atoms. The molecule has 7 nitrogen and oxygen atoms in total. The highest BCUT2D eigenvalue weighted by atomic mass is 16.6. The molecule has 1 aromatic carbocycles. The molecular weight excluding hydrogens is 306 g/mol. The van der Waals surface area contributed by atoms with Crippen molar-refractivity contribution in [2.75, 3.05) is 20.6 Å². The van der Waals surface area contributed by atoms with Crippen molar-refractivity contribution in [2.24, 2.45) is 7.05 Å². The highest BCUT2D eigenvalue weighted by Gasteiger charge is 2.20. The van der Waals surface area contributed by atoms with Gasteiger partial charge in [-0.2, -0.15) is 5.10 Å². The number of nitro benzene ring substituents is 1. The second-order valence-corrected chi connectivity index (χ2v) is 6.79. The molecule has 0 saturated heterocycles. The molecule has 24 heavy (non-hydrogen) atoms. The summed E-state index contributed by atoms with van der Waals surface area (Å²) in [7, 11) is 6.00. The molecule has 1 aromatic heterocycles. The van der Waals surface area contributed by atoms with E-state index in [2.05, 4.69) is 43.3 Å². The van der Waals surface area contributed by atoms with Gasteiger partial charge in [-0.25, -0.2) is 0 Å². The van der Waals surface area contributed by atoms with E-state index in [0.29, 0.717) is 6.54 Å². The van der Waals surface area contributed by atoms with E-state index in [1.807, 2.05) is 13.2 Å². The molecule has 1 heterocycles. The van der Waals surface area contributed by atoms with E-state index in [1.165, 1.54) is 12.1 Å². The van der Waals surface area contributed by atoms with E-state index in [9.17, 15) is 10.1 Å². The van der Waals surface area contributed by atoms with Crippen molar-refractivity contribution >= 4 is 5.69 Å². The van der Waals surface area contributed by atoms with Crippen LogP contribution >= 0.6 is 0 Å². The summed E-state index contributed by atoms with van der Waals surface area (Å²) in [6, 6.07) is 6.51. The third-order valence-electron chi connectivity index (χ3n) is 4.34. The molecule has 2 rings (SSSR count). The maximum Gasteiger partial charge on any atom is 0.269 e. The average Bonchev–Trinajstić information content (AvgIpc) is 2.88. The minimum atomic E-state index is -0.395.